The highest BCUT2D eigenvalue weighted by atomic mass is 32.2. The molecule has 0 aliphatic carbocycles. The molecule has 25 heavy (non-hydrogen) atoms. The normalized spacial score (nSPS) is 16.1. The molecule has 0 atom stereocenters. The van der Waals surface area contributed by atoms with E-state index in [1.54, 1.807) is 26.0 Å². The zero-order chi connectivity index (χ0) is 18.3. The van der Waals surface area contributed by atoms with Crippen molar-refractivity contribution in [3.05, 3.63) is 29.8 Å². The number of benzene rings is 1. The highest BCUT2D eigenvalue weighted by Crippen LogP contribution is 2.12. The van der Waals surface area contributed by atoms with Gasteiger partial charge in [-0.25, -0.2) is 13.1 Å². The molecular formula is C17H28N4O3S. The van der Waals surface area contributed by atoms with Crippen LogP contribution in [-0.4, -0.2) is 64.5 Å². The van der Waals surface area contributed by atoms with Gasteiger partial charge >= 0.3 is 0 Å². The van der Waals surface area contributed by atoms with E-state index in [1.165, 1.54) is 12.1 Å². The molecule has 1 aromatic carbocycles. The summed E-state index contributed by atoms with van der Waals surface area (Å²) in [6, 6.07) is 5.92. The second-order valence-electron chi connectivity index (χ2n) is 6.50. The zero-order valence-electron chi connectivity index (χ0n) is 14.9. The summed E-state index contributed by atoms with van der Waals surface area (Å²) in [5, 5.41) is 6.17. The summed E-state index contributed by atoms with van der Waals surface area (Å²) >= 11 is 0. The lowest BCUT2D eigenvalue weighted by Crippen LogP contribution is -2.44. The van der Waals surface area contributed by atoms with E-state index >= 15 is 0 Å². The van der Waals surface area contributed by atoms with E-state index < -0.39 is 10.0 Å². The Balaban J connectivity index is 1.86. The van der Waals surface area contributed by atoms with Gasteiger partial charge in [-0.1, -0.05) is 6.07 Å². The number of piperazine rings is 1. The van der Waals surface area contributed by atoms with Crippen molar-refractivity contribution >= 4 is 15.9 Å². The molecule has 3 N–H and O–H groups in total. The number of amides is 1. The van der Waals surface area contributed by atoms with Gasteiger partial charge in [0.05, 0.1) is 4.90 Å². The summed E-state index contributed by atoms with van der Waals surface area (Å²) in [6.07, 6.45) is 0.874. The molecule has 140 valence electrons. The summed E-state index contributed by atoms with van der Waals surface area (Å²) in [4.78, 5) is 14.7. The third-order valence-corrected chi connectivity index (χ3v) is 5.60. The van der Waals surface area contributed by atoms with Crippen LogP contribution in [0.25, 0.3) is 0 Å². The van der Waals surface area contributed by atoms with Crippen molar-refractivity contribution in [2.24, 2.45) is 0 Å². The lowest BCUT2D eigenvalue weighted by atomic mass is 10.2. The fourth-order valence-electron chi connectivity index (χ4n) is 2.72. The molecule has 1 heterocycles. The molecule has 0 bridgehead atoms. The molecule has 1 fully saturated rings. The fraction of sp³-hybridized carbons (Fsp3) is 0.588. The number of nitrogens with zero attached hydrogens (tertiary/aromatic N) is 1. The molecule has 1 aromatic rings. The van der Waals surface area contributed by atoms with Crippen LogP contribution in [0.1, 0.15) is 30.6 Å². The second kappa shape index (κ2) is 9.28. The van der Waals surface area contributed by atoms with Crippen LogP contribution in [0.5, 0.6) is 0 Å². The molecule has 8 heteroatoms. The highest BCUT2D eigenvalue weighted by Gasteiger charge is 2.17. The van der Waals surface area contributed by atoms with E-state index in [2.05, 4.69) is 20.3 Å². The van der Waals surface area contributed by atoms with Crippen LogP contribution in [0.15, 0.2) is 29.2 Å². The van der Waals surface area contributed by atoms with Gasteiger partial charge in [-0.05, 0) is 45.0 Å². The number of hydrogen-bond acceptors (Lipinski definition) is 5. The minimum absolute atomic E-state index is 0.106. The number of sulfonamides is 1. The lowest BCUT2D eigenvalue weighted by Gasteiger charge is -2.27. The standard InChI is InChI=1S/C17H28N4O3S/c1-14(2)20-25(23,24)16-6-3-5-15(13-16)17(22)19-7-4-10-21-11-8-18-9-12-21/h3,5-6,13-14,18,20H,4,7-12H2,1-2H3,(H,19,22). The number of rotatable bonds is 8. The predicted octanol–water partition coefficient (Wildman–Crippen LogP) is 0.398. The summed E-state index contributed by atoms with van der Waals surface area (Å²) in [6.45, 7) is 9.14. The van der Waals surface area contributed by atoms with Crippen molar-refractivity contribution in [1.29, 1.82) is 0 Å². The summed E-state index contributed by atoms with van der Waals surface area (Å²) in [7, 11) is -3.60. The molecule has 1 amide bonds. The molecule has 1 aliphatic heterocycles. The Morgan fingerprint density at radius 2 is 2.00 bits per heavy atom. The maximum Gasteiger partial charge on any atom is 0.251 e. The van der Waals surface area contributed by atoms with Crippen molar-refractivity contribution in [2.75, 3.05) is 39.3 Å². The Morgan fingerprint density at radius 1 is 1.28 bits per heavy atom. The number of hydrogen-bond donors (Lipinski definition) is 3. The Labute approximate surface area is 150 Å². The molecular weight excluding hydrogens is 340 g/mol. The fourth-order valence-corrected chi connectivity index (χ4v) is 4.02. The number of nitrogens with one attached hydrogen (secondary N) is 3. The van der Waals surface area contributed by atoms with Gasteiger partial charge in [0, 0.05) is 44.3 Å². The first-order valence-corrected chi connectivity index (χ1v) is 10.2. The van der Waals surface area contributed by atoms with Gasteiger partial charge in [0.15, 0.2) is 0 Å². The maximum absolute atomic E-state index is 12.2. The molecule has 1 aliphatic rings. The van der Waals surface area contributed by atoms with Crippen molar-refractivity contribution in [1.82, 2.24) is 20.3 Å². The topological polar surface area (TPSA) is 90.5 Å². The summed E-state index contributed by atoms with van der Waals surface area (Å²) < 4.78 is 26.9. The molecule has 0 saturated carbocycles. The van der Waals surface area contributed by atoms with Crippen molar-refractivity contribution in [3.63, 3.8) is 0 Å². The molecule has 0 radical (unpaired) electrons. The second-order valence-corrected chi connectivity index (χ2v) is 8.22. The average Bonchev–Trinajstić information content (AvgIpc) is 2.58. The minimum Gasteiger partial charge on any atom is -0.352 e. The number of carbonyl (C=O) groups excluding carboxylic acids is 1. The van der Waals surface area contributed by atoms with Gasteiger partial charge in [0.2, 0.25) is 10.0 Å². The largest absolute Gasteiger partial charge is 0.352 e. The van der Waals surface area contributed by atoms with Crippen molar-refractivity contribution in [2.45, 2.75) is 31.2 Å². The first-order chi connectivity index (χ1) is 11.9. The zero-order valence-corrected chi connectivity index (χ0v) is 15.7. The average molecular weight is 369 g/mol. The van der Waals surface area contributed by atoms with Crippen LogP contribution in [0.4, 0.5) is 0 Å². The summed E-state index contributed by atoms with van der Waals surface area (Å²) in [5.41, 5.74) is 0.355. The van der Waals surface area contributed by atoms with Crippen LogP contribution in [0, 0.1) is 0 Å². The first kappa shape index (κ1) is 19.8. The maximum atomic E-state index is 12.2. The number of carbonyl (C=O) groups is 1. The van der Waals surface area contributed by atoms with Gasteiger partial charge in [-0.2, -0.15) is 0 Å². The SMILES string of the molecule is CC(C)NS(=O)(=O)c1cccc(C(=O)NCCCN2CCNCC2)c1. The van der Waals surface area contributed by atoms with E-state index in [-0.39, 0.29) is 16.8 Å². The van der Waals surface area contributed by atoms with Crippen LogP contribution in [0.2, 0.25) is 0 Å². The van der Waals surface area contributed by atoms with Crippen LogP contribution in [0.3, 0.4) is 0 Å². The van der Waals surface area contributed by atoms with Gasteiger partial charge in [0.25, 0.3) is 5.91 Å². The Kier molecular flexibility index (Phi) is 7.37. The molecule has 7 nitrogen and oxygen atoms in total. The Hall–Kier alpha value is -1.48. The Morgan fingerprint density at radius 3 is 2.68 bits per heavy atom. The summed E-state index contributed by atoms with van der Waals surface area (Å²) in [5.74, 6) is -0.248. The molecule has 0 unspecified atom stereocenters. The monoisotopic (exact) mass is 368 g/mol. The highest BCUT2D eigenvalue weighted by molar-refractivity contribution is 7.89. The van der Waals surface area contributed by atoms with E-state index in [0.29, 0.717) is 12.1 Å². The molecule has 0 aromatic heterocycles. The molecule has 0 spiro atoms. The molecule has 1 saturated heterocycles. The third kappa shape index (κ3) is 6.39. The van der Waals surface area contributed by atoms with E-state index in [1.807, 2.05) is 0 Å². The Bertz CT molecular complexity index is 670. The molecule has 2 rings (SSSR count). The predicted molar refractivity (Wildman–Crippen MR) is 98.2 cm³/mol. The van der Waals surface area contributed by atoms with Gasteiger partial charge < -0.3 is 15.5 Å². The lowest BCUT2D eigenvalue weighted by molar-refractivity contribution is 0.0951. The minimum atomic E-state index is -3.60. The van der Waals surface area contributed by atoms with Crippen LogP contribution < -0.4 is 15.4 Å². The van der Waals surface area contributed by atoms with Gasteiger partial charge in [-0.3, -0.25) is 4.79 Å². The van der Waals surface area contributed by atoms with Crippen LogP contribution in [-0.2, 0) is 10.0 Å². The van der Waals surface area contributed by atoms with E-state index in [4.69, 9.17) is 0 Å². The third-order valence-electron chi connectivity index (χ3n) is 3.94. The van der Waals surface area contributed by atoms with Crippen LogP contribution >= 0.6 is 0 Å². The van der Waals surface area contributed by atoms with E-state index in [0.717, 1.165) is 39.1 Å². The van der Waals surface area contributed by atoms with Gasteiger partial charge in [0.1, 0.15) is 0 Å². The van der Waals surface area contributed by atoms with Crippen molar-refractivity contribution in [3.8, 4) is 0 Å². The smallest absolute Gasteiger partial charge is 0.251 e. The van der Waals surface area contributed by atoms with E-state index in [9.17, 15) is 13.2 Å². The van der Waals surface area contributed by atoms with Gasteiger partial charge in [-0.15, -0.1) is 0 Å². The van der Waals surface area contributed by atoms with Crippen molar-refractivity contribution < 1.29 is 13.2 Å². The quantitative estimate of drug-likeness (QED) is 0.578. The first-order valence-electron chi connectivity index (χ1n) is 8.72.